The number of rotatable bonds is 4. The summed E-state index contributed by atoms with van der Waals surface area (Å²) >= 11 is 0. The number of benzene rings is 1. The number of nitriles is 1. The van der Waals surface area contributed by atoms with Crippen LogP contribution in [0.25, 0.3) is 0 Å². The Morgan fingerprint density at radius 2 is 2.04 bits per heavy atom. The van der Waals surface area contributed by atoms with Gasteiger partial charge in [-0.25, -0.2) is 0 Å². The van der Waals surface area contributed by atoms with Crippen LogP contribution in [0.3, 0.4) is 0 Å². The SMILES string of the molecule is CNC(=O)c1ccc(Cc2ccc(C(C)(C)C#N)cc2C)cn1. The molecule has 1 aromatic carbocycles. The standard InChI is InChI=1S/C19H21N3O/c1-13-9-16(19(2,3)12-20)7-6-15(13)10-14-5-8-17(22-11-14)18(23)21-4/h5-9,11H,10H2,1-4H3,(H,21,23). The van der Waals surface area contributed by atoms with Crippen LogP contribution in [0.2, 0.25) is 0 Å². The molecule has 1 heterocycles. The number of aromatic nitrogens is 1. The first-order valence-corrected chi connectivity index (χ1v) is 7.55. The minimum absolute atomic E-state index is 0.184. The van der Waals surface area contributed by atoms with E-state index in [2.05, 4.69) is 35.4 Å². The molecule has 118 valence electrons. The number of nitrogens with zero attached hydrogens (tertiary/aromatic N) is 2. The minimum Gasteiger partial charge on any atom is -0.354 e. The number of hydrogen-bond donors (Lipinski definition) is 1. The topological polar surface area (TPSA) is 65.8 Å². The van der Waals surface area contributed by atoms with E-state index in [0.717, 1.165) is 23.1 Å². The summed E-state index contributed by atoms with van der Waals surface area (Å²) in [6.07, 6.45) is 2.48. The van der Waals surface area contributed by atoms with E-state index in [1.807, 2.05) is 26.0 Å². The second-order valence-electron chi connectivity index (χ2n) is 6.19. The Bertz CT molecular complexity index is 755. The highest BCUT2D eigenvalue weighted by atomic mass is 16.1. The average Bonchev–Trinajstić information content (AvgIpc) is 2.56. The number of aryl methyl sites for hydroxylation is 1. The van der Waals surface area contributed by atoms with Gasteiger partial charge in [0.1, 0.15) is 5.69 Å². The first-order chi connectivity index (χ1) is 10.9. The molecule has 2 aromatic rings. The van der Waals surface area contributed by atoms with Crippen LogP contribution >= 0.6 is 0 Å². The van der Waals surface area contributed by atoms with Crippen LogP contribution in [0.1, 0.15) is 46.6 Å². The van der Waals surface area contributed by atoms with Gasteiger partial charge in [0.05, 0.1) is 11.5 Å². The number of hydrogen-bond acceptors (Lipinski definition) is 3. The number of amides is 1. The molecule has 0 aliphatic carbocycles. The molecule has 23 heavy (non-hydrogen) atoms. The van der Waals surface area contributed by atoms with Gasteiger partial charge >= 0.3 is 0 Å². The van der Waals surface area contributed by atoms with Crippen LogP contribution in [0.15, 0.2) is 36.5 Å². The summed E-state index contributed by atoms with van der Waals surface area (Å²) in [5.74, 6) is -0.184. The molecule has 0 atom stereocenters. The second-order valence-corrected chi connectivity index (χ2v) is 6.19. The van der Waals surface area contributed by atoms with E-state index in [0.29, 0.717) is 5.69 Å². The first-order valence-electron chi connectivity index (χ1n) is 7.55. The summed E-state index contributed by atoms with van der Waals surface area (Å²) in [6.45, 7) is 5.89. The summed E-state index contributed by atoms with van der Waals surface area (Å²) in [6, 6.07) is 12.1. The van der Waals surface area contributed by atoms with E-state index in [1.54, 1.807) is 19.3 Å². The molecule has 0 aliphatic rings. The van der Waals surface area contributed by atoms with E-state index in [4.69, 9.17) is 0 Å². The molecule has 1 amide bonds. The number of carbonyl (C=O) groups excluding carboxylic acids is 1. The Labute approximate surface area is 137 Å². The van der Waals surface area contributed by atoms with Gasteiger partial charge in [0.25, 0.3) is 5.91 Å². The van der Waals surface area contributed by atoms with Crippen molar-refractivity contribution in [2.24, 2.45) is 0 Å². The van der Waals surface area contributed by atoms with E-state index < -0.39 is 5.41 Å². The van der Waals surface area contributed by atoms with Crippen LogP contribution in [-0.4, -0.2) is 17.9 Å². The molecule has 0 saturated heterocycles. The summed E-state index contributed by atoms with van der Waals surface area (Å²) in [5, 5.41) is 11.8. The zero-order chi connectivity index (χ0) is 17.0. The van der Waals surface area contributed by atoms with Gasteiger partial charge in [-0.2, -0.15) is 5.26 Å². The third-order valence-corrected chi connectivity index (χ3v) is 4.02. The lowest BCUT2D eigenvalue weighted by molar-refractivity contribution is 0.0958. The zero-order valence-corrected chi connectivity index (χ0v) is 14.0. The van der Waals surface area contributed by atoms with Gasteiger partial charge in [0.15, 0.2) is 0 Å². The molecular weight excluding hydrogens is 286 g/mol. The quantitative estimate of drug-likeness (QED) is 0.943. The third-order valence-electron chi connectivity index (χ3n) is 4.02. The molecule has 4 nitrogen and oxygen atoms in total. The highest BCUT2D eigenvalue weighted by Crippen LogP contribution is 2.25. The van der Waals surface area contributed by atoms with Crippen molar-refractivity contribution in [1.29, 1.82) is 5.26 Å². The lowest BCUT2D eigenvalue weighted by atomic mass is 9.84. The fourth-order valence-electron chi connectivity index (χ4n) is 2.36. The van der Waals surface area contributed by atoms with Gasteiger partial charge in [-0.1, -0.05) is 24.3 Å². The van der Waals surface area contributed by atoms with Crippen LogP contribution in [0.5, 0.6) is 0 Å². The maximum atomic E-state index is 11.5. The fourth-order valence-corrected chi connectivity index (χ4v) is 2.36. The number of carbonyl (C=O) groups is 1. The molecule has 0 spiro atoms. The van der Waals surface area contributed by atoms with Gasteiger partial charge in [-0.15, -0.1) is 0 Å². The Hall–Kier alpha value is -2.67. The zero-order valence-electron chi connectivity index (χ0n) is 14.0. The summed E-state index contributed by atoms with van der Waals surface area (Å²) in [5.41, 5.74) is 4.35. The second kappa shape index (κ2) is 6.62. The van der Waals surface area contributed by atoms with Crippen molar-refractivity contribution in [3.63, 3.8) is 0 Å². The average molecular weight is 307 g/mol. The molecule has 0 aliphatic heterocycles. The molecule has 0 fully saturated rings. The van der Waals surface area contributed by atoms with Crippen molar-refractivity contribution < 1.29 is 4.79 Å². The van der Waals surface area contributed by atoms with Crippen molar-refractivity contribution in [1.82, 2.24) is 10.3 Å². The normalized spacial score (nSPS) is 10.9. The third kappa shape index (κ3) is 3.75. The highest BCUT2D eigenvalue weighted by molar-refractivity contribution is 5.91. The molecule has 4 heteroatoms. The maximum absolute atomic E-state index is 11.5. The Morgan fingerprint density at radius 3 is 2.57 bits per heavy atom. The fraction of sp³-hybridized carbons (Fsp3) is 0.316. The van der Waals surface area contributed by atoms with E-state index >= 15 is 0 Å². The largest absolute Gasteiger partial charge is 0.354 e. The minimum atomic E-state index is -0.486. The van der Waals surface area contributed by atoms with Crippen molar-refractivity contribution in [2.75, 3.05) is 7.05 Å². The Balaban J connectivity index is 2.21. The molecular formula is C19H21N3O. The van der Waals surface area contributed by atoms with Crippen LogP contribution in [0.4, 0.5) is 0 Å². The predicted molar refractivity (Wildman–Crippen MR) is 90.3 cm³/mol. The molecule has 1 aromatic heterocycles. The number of pyridine rings is 1. The Kier molecular flexibility index (Phi) is 4.80. The van der Waals surface area contributed by atoms with Gasteiger partial charge in [0.2, 0.25) is 0 Å². The number of nitrogens with one attached hydrogen (secondary N) is 1. The predicted octanol–water partition coefficient (Wildman–Crippen LogP) is 3.14. The lowest BCUT2D eigenvalue weighted by Gasteiger charge is -2.18. The molecule has 0 radical (unpaired) electrons. The van der Waals surface area contributed by atoms with Crippen LogP contribution < -0.4 is 5.32 Å². The van der Waals surface area contributed by atoms with E-state index in [-0.39, 0.29) is 5.91 Å². The van der Waals surface area contributed by atoms with Crippen molar-refractivity contribution in [3.8, 4) is 6.07 Å². The van der Waals surface area contributed by atoms with Crippen molar-refractivity contribution in [3.05, 3.63) is 64.5 Å². The van der Waals surface area contributed by atoms with Gasteiger partial charge in [-0.05, 0) is 55.5 Å². The lowest BCUT2D eigenvalue weighted by Crippen LogP contribution is -2.19. The molecule has 0 bridgehead atoms. The maximum Gasteiger partial charge on any atom is 0.269 e. The van der Waals surface area contributed by atoms with Crippen molar-refractivity contribution >= 4 is 5.91 Å². The van der Waals surface area contributed by atoms with E-state index in [1.165, 1.54) is 5.56 Å². The summed E-state index contributed by atoms with van der Waals surface area (Å²) in [7, 11) is 1.59. The molecule has 0 unspecified atom stereocenters. The Morgan fingerprint density at radius 1 is 1.30 bits per heavy atom. The molecule has 1 N–H and O–H groups in total. The highest BCUT2D eigenvalue weighted by Gasteiger charge is 2.20. The van der Waals surface area contributed by atoms with Gasteiger partial charge < -0.3 is 5.32 Å². The molecule has 0 saturated carbocycles. The summed E-state index contributed by atoms with van der Waals surface area (Å²) < 4.78 is 0. The van der Waals surface area contributed by atoms with Crippen molar-refractivity contribution in [2.45, 2.75) is 32.6 Å². The van der Waals surface area contributed by atoms with Crippen LogP contribution in [0, 0.1) is 18.3 Å². The first kappa shape index (κ1) is 16.7. The molecule has 2 rings (SSSR count). The van der Waals surface area contributed by atoms with Gasteiger partial charge in [-0.3, -0.25) is 9.78 Å². The monoisotopic (exact) mass is 307 g/mol. The van der Waals surface area contributed by atoms with Crippen LogP contribution in [-0.2, 0) is 11.8 Å². The smallest absolute Gasteiger partial charge is 0.269 e. The van der Waals surface area contributed by atoms with Gasteiger partial charge in [0, 0.05) is 13.2 Å². The van der Waals surface area contributed by atoms with E-state index in [9.17, 15) is 10.1 Å². The summed E-state index contributed by atoms with van der Waals surface area (Å²) in [4.78, 5) is 15.7.